The van der Waals surface area contributed by atoms with E-state index in [0.29, 0.717) is 12.0 Å². The van der Waals surface area contributed by atoms with Crippen LogP contribution < -0.4 is 5.73 Å². The Labute approximate surface area is 186 Å². The first-order chi connectivity index (χ1) is 15.2. The summed E-state index contributed by atoms with van der Waals surface area (Å²) in [6, 6.07) is 5.10. The molecule has 32 heavy (non-hydrogen) atoms. The largest absolute Gasteiger partial charge is 0.507 e. The Morgan fingerprint density at radius 2 is 1.91 bits per heavy atom. The van der Waals surface area contributed by atoms with Gasteiger partial charge in [0.1, 0.15) is 17.4 Å². The topological polar surface area (TPSA) is 158 Å². The van der Waals surface area contributed by atoms with Gasteiger partial charge in [-0.3, -0.25) is 14.4 Å². The van der Waals surface area contributed by atoms with Crippen LogP contribution in [0.2, 0.25) is 0 Å². The van der Waals surface area contributed by atoms with Gasteiger partial charge < -0.3 is 26.2 Å². The third-order valence-corrected chi connectivity index (χ3v) is 7.78. The van der Waals surface area contributed by atoms with Crippen molar-refractivity contribution < 1.29 is 34.8 Å². The average molecular weight is 455 g/mol. The van der Waals surface area contributed by atoms with Crippen molar-refractivity contribution in [2.24, 2.45) is 23.5 Å². The van der Waals surface area contributed by atoms with Gasteiger partial charge in [0, 0.05) is 11.5 Å². The predicted octanol–water partition coefficient (Wildman–Crippen LogP) is 1.32. The molecular formula is C23H21NO7S. The van der Waals surface area contributed by atoms with Crippen molar-refractivity contribution in [3.05, 3.63) is 45.7 Å². The lowest BCUT2D eigenvalue weighted by Gasteiger charge is -2.48. The highest BCUT2D eigenvalue weighted by Crippen LogP contribution is 2.52. The van der Waals surface area contributed by atoms with Crippen LogP contribution in [-0.2, 0) is 20.8 Å². The first-order valence-corrected chi connectivity index (χ1v) is 11.2. The minimum absolute atomic E-state index is 0.102. The number of nitrogens with two attached hydrogens (primary N) is 1. The molecule has 1 heterocycles. The second kappa shape index (κ2) is 6.99. The number of hydrogen-bond acceptors (Lipinski definition) is 8. The number of ketones is 2. The van der Waals surface area contributed by atoms with Crippen molar-refractivity contribution in [2.45, 2.75) is 31.0 Å². The van der Waals surface area contributed by atoms with Crippen LogP contribution in [0.25, 0.3) is 16.9 Å². The monoisotopic (exact) mass is 455 g/mol. The molecule has 0 aliphatic heterocycles. The second-order valence-electron chi connectivity index (χ2n) is 8.74. The summed E-state index contributed by atoms with van der Waals surface area (Å²) in [7, 11) is 0. The molecule has 0 spiro atoms. The third-order valence-electron chi connectivity index (χ3n) is 7.10. The van der Waals surface area contributed by atoms with E-state index >= 15 is 0 Å². The number of phenolic OH excluding ortho intramolecular Hbond substituents is 1. The van der Waals surface area contributed by atoms with Crippen LogP contribution >= 0.6 is 11.3 Å². The van der Waals surface area contributed by atoms with E-state index in [1.165, 1.54) is 17.4 Å². The molecule has 3 aliphatic rings. The zero-order valence-electron chi connectivity index (χ0n) is 16.8. The van der Waals surface area contributed by atoms with E-state index in [1.54, 1.807) is 6.07 Å². The Morgan fingerprint density at radius 3 is 2.56 bits per heavy atom. The minimum atomic E-state index is -2.56. The molecule has 2 unspecified atom stereocenters. The number of amides is 1. The van der Waals surface area contributed by atoms with Gasteiger partial charge in [-0.05, 0) is 64.8 Å². The van der Waals surface area contributed by atoms with Gasteiger partial charge in [0.15, 0.2) is 11.4 Å². The predicted molar refractivity (Wildman–Crippen MR) is 115 cm³/mol. The van der Waals surface area contributed by atoms with Crippen LogP contribution in [0.3, 0.4) is 0 Å². The molecule has 1 aromatic carbocycles. The average Bonchev–Trinajstić information content (AvgIpc) is 3.25. The van der Waals surface area contributed by atoms with Crippen molar-refractivity contribution in [3.8, 4) is 16.9 Å². The number of aliphatic hydroxyl groups excluding tert-OH is 2. The maximum absolute atomic E-state index is 13.4. The number of fused-ring (bicyclic) bond motifs is 3. The highest BCUT2D eigenvalue weighted by atomic mass is 32.1. The summed E-state index contributed by atoms with van der Waals surface area (Å²) in [5.41, 5.74) is 5.04. The number of Topliss-reactive ketones (excluding diaryl/α,β-unsaturated/α-hetero) is 2. The van der Waals surface area contributed by atoms with Gasteiger partial charge in [0.05, 0.1) is 11.7 Å². The van der Waals surface area contributed by atoms with Gasteiger partial charge in [-0.15, -0.1) is 0 Å². The van der Waals surface area contributed by atoms with Gasteiger partial charge in [-0.1, -0.05) is 6.07 Å². The molecule has 0 bridgehead atoms. The fourth-order valence-electron chi connectivity index (χ4n) is 5.61. The first kappa shape index (κ1) is 20.9. The van der Waals surface area contributed by atoms with E-state index in [0.717, 1.165) is 11.1 Å². The van der Waals surface area contributed by atoms with Crippen LogP contribution in [0.5, 0.6) is 5.75 Å². The number of aliphatic hydroxyl groups is 3. The SMILES string of the molecule is NC(=O)C1C(=O)[C@@]2(O)C(=O)C3=C(O)c4c(O)ccc(-c5ccsc5)c4C[C@H]3C[C@H]2CC1O. The Kier molecular flexibility index (Phi) is 4.56. The fourth-order valence-corrected chi connectivity index (χ4v) is 6.27. The van der Waals surface area contributed by atoms with E-state index in [9.17, 15) is 34.8 Å². The first-order valence-electron chi connectivity index (χ1n) is 10.3. The van der Waals surface area contributed by atoms with Crippen LogP contribution in [0.4, 0.5) is 0 Å². The van der Waals surface area contributed by atoms with Gasteiger partial charge in [0.25, 0.3) is 0 Å². The number of thiophene rings is 1. The Bertz CT molecular complexity index is 1200. The number of benzene rings is 1. The molecule has 5 atom stereocenters. The van der Waals surface area contributed by atoms with E-state index in [4.69, 9.17) is 5.73 Å². The molecule has 8 nitrogen and oxygen atoms in total. The smallest absolute Gasteiger partial charge is 0.230 e. The van der Waals surface area contributed by atoms with Gasteiger partial charge in [0.2, 0.25) is 11.7 Å². The molecule has 2 saturated carbocycles. The number of carbonyl (C=O) groups is 3. The summed E-state index contributed by atoms with van der Waals surface area (Å²) in [5, 5.41) is 47.0. The van der Waals surface area contributed by atoms with E-state index in [2.05, 4.69) is 0 Å². The maximum atomic E-state index is 13.4. The van der Waals surface area contributed by atoms with Gasteiger partial charge >= 0.3 is 0 Å². The highest BCUT2D eigenvalue weighted by molar-refractivity contribution is 7.08. The Morgan fingerprint density at radius 1 is 1.16 bits per heavy atom. The number of phenols is 1. The van der Waals surface area contributed by atoms with Crippen molar-refractivity contribution >= 4 is 34.6 Å². The maximum Gasteiger partial charge on any atom is 0.230 e. The molecule has 5 rings (SSSR count). The molecule has 1 amide bonds. The molecule has 2 fully saturated rings. The molecule has 166 valence electrons. The summed E-state index contributed by atoms with van der Waals surface area (Å²) in [5.74, 6) is -7.09. The Hall–Kier alpha value is -3.01. The summed E-state index contributed by atoms with van der Waals surface area (Å²) in [6.45, 7) is 0. The number of carbonyl (C=O) groups excluding carboxylic acids is 3. The Balaban J connectivity index is 1.67. The summed E-state index contributed by atoms with van der Waals surface area (Å²) >= 11 is 1.50. The summed E-state index contributed by atoms with van der Waals surface area (Å²) in [4.78, 5) is 38.1. The van der Waals surface area contributed by atoms with Crippen molar-refractivity contribution in [2.75, 3.05) is 0 Å². The zero-order valence-corrected chi connectivity index (χ0v) is 17.6. The summed E-state index contributed by atoms with van der Waals surface area (Å²) < 4.78 is 0. The number of rotatable bonds is 2. The van der Waals surface area contributed by atoms with Crippen LogP contribution in [0.15, 0.2) is 34.5 Å². The van der Waals surface area contributed by atoms with E-state index < -0.39 is 52.7 Å². The third kappa shape index (κ3) is 2.65. The van der Waals surface area contributed by atoms with Gasteiger partial charge in [-0.25, -0.2) is 0 Å². The zero-order chi connectivity index (χ0) is 22.9. The molecule has 1 aromatic heterocycles. The van der Waals surface area contributed by atoms with Gasteiger partial charge in [-0.2, -0.15) is 11.3 Å². The lowest BCUT2D eigenvalue weighted by molar-refractivity contribution is -0.174. The second-order valence-corrected chi connectivity index (χ2v) is 9.52. The van der Waals surface area contributed by atoms with Crippen molar-refractivity contribution in [3.63, 3.8) is 0 Å². The molecule has 0 saturated heterocycles. The molecule has 9 heteroatoms. The number of primary amides is 1. The lowest BCUT2D eigenvalue weighted by Crippen LogP contribution is -2.66. The molecule has 2 aromatic rings. The lowest BCUT2D eigenvalue weighted by atomic mass is 9.56. The quantitative estimate of drug-likeness (QED) is 0.427. The molecule has 0 radical (unpaired) electrons. The highest BCUT2D eigenvalue weighted by Gasteiger charge is 2.63. The molecule has 3 aliphatic carbocycles. The van der Waals surface area contributed by atoms with E-state index in [-0.39, 0.29) is 29.7 Å². The standard InChI is InChI=1S/C23H21NO7S/c24-22(30)18-15(26)7-11-5-10-6-13-12(9-3-4-32-8-9)1-2-14(25)17(13)19(27)16(10)20(28)23(11,31)21(18)29/h1-4,8,10-11,15,18,25-27,31H,5-7H2,(H2,24,30)/t10-,11+,15?,18?,23+/m1/s1. The number of aromatic hydroxyl groups is 1. The van der Waals surface area contributed by atoms with E-state index in [1.807, 2.05) is 16.8 Å². The van der Waals surface area contributed by atoms with Crippen LogP contribution in [0, 0.1) is 17.8 Å². The van der Waals surface area contributed by atoms with Crippen molar-refractivity contribution in [1.82, 2.24) is 0 Å². The van der Waals surface area contributed by atoms with Crippen molar-refractivity contribution in [1.29, 1.82) is 0 Å². The van der Waals surface area contributed by atoms with Crippen LogP contribution in [-0.4, -0.2) is 49.6 Å². The van der Waals surface area contributed by atoms with Crippen LogP contribution in [0.1, 0.15) is 24.0 Å². The summed E-state index contributed by atoms with van der Waals surface area (Å²) in [6.07, 6.45) is -1.08. The molecule has 6 N–H and O–H groups in total. The normalized spacial score (nSPS) is 31.7. The number of hydrogen-bond donors (Lipinski definition) is 5. The molecular weight excluding hydrogens is 434 g/mol. The fraction of sp³-hybridized carbons (Fsp3) is 0.348. The minimum Gasteiger partial charge on any atom is -0.507 e.